The number of phenols is 1. The van der Waals surface area contributed by atoms with E-state index in [1.807, 2.05) is 20.8 Å². The van der Waals surface area contributed by atoms with E-state index in [9.17, 15) is 5.11 Å². The number of aliphatic imine (C=N–C) groups is 1. The Morgan fingerprint density at radius 1 is 1.29 bits per heavy atom. The molecule has 1 aliphatic rings. The van der Waals surface area contributed by atoms with Crippen LogP contribution in [0.25, 0.3) is 22.5 Å². The predicted octanol–water partition coefficient (Wildman–Crippen LogP) is 0.888. The molecule has 0 spiro atoms. The lowest BCUT2D eigenvalue weighted by Gasteiger charge is -2.15. The quantitative estimate of drug-likeness (QED) is 0.539. The maximum Gasteiger partial charge on any atom is 0.223 e. The van der Waals surface area contributed by atoms with Gasteiger partial charge < -0.3 is 14.6 Å². The SMILES string of the molecule is Bc1cc2c(nn1)nc(C1=C=C=CC(OCC)=N1)n2-c1c(O)cccc1OC. The van der Waals surface area contributed by atoms with Gasteiger partial charge in [-0.15, -0.1) is 5.10 Å². The third-order valence-electron chi connectivity index (χ3n) is 4.08. The topological polar surface area (TPSA) is 94.7 Å². The Bertz CT molecular complexity index is 1220. The van der Waals surface area contributed by atoms with E-state index in [1.54, 1.807) is 28.8 Å². The number of phenolic OH excluding ortho intramolecular Hbond substituents is 1. The zero-order valence-electron chi connectivity index (χ0n) is 15.6. The van der Waals surface area contributed by atoms with Gasteiger partial charge in [-0.05, 0) is 30.9 Å². The number of benzene rings is 1. The average molecular weight is 373 g/mol. The molecule has 2 aromatic heterocycles. The molecule has 0 bridgehead atoms. The van der Waals surface area contributed by atoms with Crippen molar-refractivity contribution in [3.8, 4) is 17.2 Å². The molecule has 8 nitrogen and oxygen atoms in total. The number of ether oxygens (including phenoxy) is 2. The van der Waals surface area contributed by atoms with E-state index in [2.05, 4.69) is 31.6 Å². The van der Waals surface area contributed by atoms with Crippen molar-refractivity contribution in [3.63, 3.8) is 0 Å². The van der Waals surface area contributed by atoms with Crippen LogP contribution in [-0.4, -0.2) is 52.3 Å². The Morgan fingerprint density at radius 3 is 2.93 bits per heavy atom. The number of hydrogen-bond donors (Lipinski definition) is 1. The van der Waals surface area contributed by atoms with Crippen LogP contribution in [0.15, 0.2) is 46.8 Å². The fourth-order valence-electron chi connectivity index (χ4n) is 2.93. The second-order valence-corrected chi connectivity index (χ2v) is 5.94. The first-order chi connectivity index (χ1) is 13.6. The van der Waals surface area contributed by atoms with E-state index >= 15 is 0 Å². The van der Waals surface area contributed by atoms with Crippen LogP contribution in [0.4, 0.5) is 0 Å². The van der Waals surface area contributed by atoms with Crippen molar-refractivity contribution in [3.05, 3.63) is 47.6 Å². The molecule has 138 valence electrons. The first kappa shape index (κ1) is 17.6. The first-order valence-corrected chi connectivity index (χ1v) is 8.65. The molecule has 0 unspecified atom stereocenters. The van der Waals surface area contributed by atoms with Crippen LogP contribution < -0.4 is 10.3 Å². The molecule has 0 amide bonds. The molecular formula is C19H16BN5O3. The van der Waals surface area contributed by atoms with E-state index in [0.29, 0.717) is 52.2 Å². The summed E-state index contributed by atoms with van der Waals surface area (Å²) in [5, 5.41) is 18.9. The van der Waals surface area contributed by atoms with Gasteiger partial charge in [0.15, 0.2) is 19.4 Å². The molecular weight excluding hydrogens is 357 g/mol. The molecule has 1 aliphatic heterocycles. The Morgan fingerprint density at radius 2 is 2.14 bits per heavy atom. The molecule has 9 heteroatoms. The van der Waals surface area contributed by atoms with E-state index in [-0.39, 0.29) is 5.75 Å². The minimum Gasteiger partial charge on any atom is -0.506 e. The van der Waals surface area contributed by atoms with Gasteiger partial charge in [0.1, 0.15) is 17.2 Å². The lowest BCUT2D eigenvalue weighted by molar-refractivity contribution is 0.330. The van der Waals surface area contributed by atoms with Crippen LogP contribution in [0.2, 0.25) is 0 Å². The number of rotatable bonds is 4. The highest BCUT2D eigenvalue weighted by Crippen LogP contribution is 2.36. The van der Waals surface area contributed by atoms with Gasteiger partial charge in [-0.3, -0.25) is 4.57 Å². The summed E-state index contributed by atoms with van der Waals surface area (Å²) in [5.74, 6) is 1.31. The minimum atomic E-state index is 0.0271. The van der Waals surface area contributed by atoms with Gasteiger partial charge in [0.2, 0.25) is 11.5 Å². The second-order valence-electron chi connectivity index (χ2n) is 5.94. The van der Waals surface area contributed by atoms with Crippen LogP contribution in [-0.2, 0) is 4.74 Å². The molecule has 1 N–H and O–H groups in total. The first-order valence-electron chi connectivity index (χ1n) is 8.65. The monoisotopic (exact) mass is 373 g/mol. The van der Waals surface area contributed by atoms with Gasteiger partial charge in [0.25, 0.3) is 0 Å². The van der Waals surface area contributed by atoms with Crippen molar-refractivity contribution in [2.24, 2.45) is 4.99 Å². The van der Waals surface area contributed by atoms with Crippen molar-refractivity contribution in [1.29, 1.82) is 0 Å². The molecule has 0 radical (unpaired) electrons. The highest BCUT2D eigenvalue weighted by molar-refractivity contribution is 6.31. The van der Waals surface area contributed by atoms with Crippen molar-refractivity contribution < 1.29 is 14.6 Å². The van der Waals surface area contributed by atoms with Gasteiger partial charge in [-0.25, -0.2) is 9.98 Å². The number of imidazole rings is 1. The lowest BCUT2D eigenvalue weighted by Crippen LogP contribution is -2.11. The highest BCUT2D eigenvalue weighted by Gasteiger charge is 2.23. The summed E-state index contributed by atoms with van der Waals surface area (Å²) in [7, 11) is 3.37. The normalized spacial score (nSPS) is 12.8. The summed E-state index contributed by atoms with van der Waals surface area (Å²) in [4.78, 5) is 9.03. The molecule has 0 saturated carbocycles. The molecule has 0 aliphatic carbocycles. The lowest BCUT2D eigenvalue weighted by atomic mass is 10.0. The Kier molecular flexibility index (Phi) is 4.45. The van der Waals surface area contributed by atoms with Gasteiger partial charge >= 0.3 is 0 Å². The van der Waals surface area contributed by atoms with E-state index in [1.165, 1.54) is 7.11 Å². The molecule has 0 atom stereocenters. The molecule has 3 aromatic rings. The van der Waals surface area contributed by atoms with Crippen LogP contribution in [0.5, 0.6) is 11.5 Å². The van der Waals surface area contributed by atoms with E-state index in [4.69, 9.17) is 9.47 Å². The molecule has 28 heavy (non-hydrogen) atoms. The summed E-state index contributed by atoms with van der Waals surface area (Å²) in [5.41, 5.74) is 8.44. The minimum absolute atomic E-state index is 0.0271. The third-order valence-corrected chi connectivity index (χ3v) is 4.08. The van der Waals surface area contributed by atoms with Gasteiger partial charge in [-0.1, -0.05) is 11.8 Å². The summed E-state index contributed by atoms with van der Waals surface area (Å²) in [6, 6.07) is 6.87. The summed E-state index contributed by atoms with van der Waals surface area (Å²) in [6.45, 7) is 2.34. The van der Waals surface area contributed by atoms with Gasteiger partial charge in [0, 0.05) is 5.59 Å². The molecule has 0 fully saturated rings. The van der Waals surface area contributed by atoms with Gasteiger partial charge in [0.05, 0.1) is 25.3 Å². The predicted molar refractivity (Wildman–Crippen MR) is 107 cm³/mol. The number of hydrogen-bond acceptors (Lipinski definition) is 7. The number of fused-ring (bicyclic) bond motifs is 1. The van der Waals surface area contributed by atoms with E-state index < -0.39 is 0 Å². The number of nitrogens with zero attached hydrogens (tertiary/aromatic N) is 5. The number of methoxy groups -OCH3 is 1. The Balaban J connectivity index is 2.06. The zero-order valence-corrected chi connectivity index (χ0v) is 15.6. The fraction of sp³-hybridized carbons (Fsp3) is 0.158. The van der Waals surface area contributed by atoms with Crippen LogP contribution >= 0.6 is 0 Å². The second kappa shape index (κ2) is 7.08. The maximum atomic E-state index is 10.6. The molecule has 3 heterocycles. The molecule has 1 aromatic carbocycles. The van der Waals surface area contributed by atoms with Crippen molar-refractivity contribution in [2.75, 3.05) is 13.7 Å². The molecule has 0 saturated heterocycles. The number of aromatic nitrogens is 4. The summed E-state index contributed by atoms with van der Waals surface area (Å²) < 4.78 is 12.7. The van der Waals surface area contributed by atoms with Crippen LogP contribution in [0, 0.1) is 0 Å². The highest BCUT2D eigenvalue weighted by atomic mass is 16.5. The van der Waals surface area contributed by atoms with Crippen molar-refractivity contribution in [2.45, 2.75) is 6.92 Å². The molecule has 4 rings (SSSR count). The number of aromatic hydroxyl groups is 1. The largest absolute Gasteiger partial charge is 0.506 e. The van der Waals surface area contributed by atoms with E-state index in [0.717, 1.165) is 0 Å². The summed E-state index contributed by atoms with van der Waals surface area (Å²) >= 11 is 0. The smallest absolute Gasteiger partial charge is 0.223 e. The Hall–Kier alpha value is -3.80. The fourth-order valence-corrected chi connectivity index (χ4v) is 2.93. The average Bonchev–Trinajstić information content (AvgIpc) is 3.06. The van der Waals surface area contributed by atoms with Gasteiger partial charge in [-0.2, -0.15) is 5.10 Å². The number of para-hydroxylation sites is 1. The maximum absolute atomic E-state index is 10.6. The third kappa shape index (κ3) is 2.95. The van der Waals surface area contributed by atoms with Crippen molar-refractivity contribution >= 4 is 36.2 Å². The summed E-state index contributed by atoms with van der Waals surface area (Å²) in [6.07, 6.45) is 1.60. The van der Waals surface area contributed by atoms with Crippen LogP contribution in [0.1, 0.15) is 12.7 Å². The zero-order chi connectivity index (χ0) is 19.7. The van der Waals surface area contributed by atoms with Crippen LogP contribution in [0.3, 0.4) is 0 Å². The standard InChI is InChI=1S/C19H16BN5O3/c1-3-28-16-9-4-6-11(21-16)19-22-18-12(10-15(20)23-24-18)25(19)17-13(26)7-5-8-14(17)27-2/h5,7-10,26H,3,20H2,1-2H3. The Labute approximate surface area is 161 Å². The van der Waals surface area contributed by atoms with Crippen molar-refractivity contribution in [1.82, 2.24) is 19.7 Å².